The molecule has 2 heterocycles. The summed E-state index contributed by atoms with van der Waals surface area (Å²) in [6.45, 7) is 3.63. The van der Waals surface area contributed by atoms with E-state index in [1.54, 1.807) is 20.3 Å². The third-order valence-corrected chi connectivity index (χ3v) is 5.60. The Kier molecular flexibility index (Phi) is 5.06. The van der Waals surface area contributed by atoms with Crippen LogP contribution in [0.3, 0.4) is 0 Å². The molecule has 0 aliphatic carbocycles. The lowest BCUT2D eigenvalue weighted by atomic mass is 10.0. The number of methoxy groups -OCH3 is 2. The molecular formula is C18H23N2O3S+. The van der Waals surface area contributed by atoms with E-state index in [1.165, 1.54) is 15.3 Å². The van der Waals surface area contributed by atoms with Crippen LogP contribution in [0.2, 0.25) is 0 Å². The predicted octanol–water partition coefficient (Wildman–Crippen LogP) is 1.91. The highest BCUT2D eigenvalue weighted by molar-refractivity contribution is 7.10. The zero-order valence-electron chi connectivity index (χ0n) is 14.2. The standard InChI is InChI=1S/C18H22N2O3S/c1-12-14-7-9-24-17(14)6-8-20(12)11-18(21)19-15-5-4-13(22-2)10-16(15)23-3/h4-5,7,9-10,12H,6,8,11H2,1-3H3,(H,19,21)/p+1/t12-/m1/s1. The van der Waals surface area contributed by atoms with Gasteiger partial charge in [0.1, 0.15) is 17.5 Å². The van der Waals surface area contributed by atoms with Crippen molar-refractivity contribution in [3.05, 3.63) is 40.1 Å². The molecule has 1 unspecified atom stereocenters. The molecule has 0 spiro atoms. The van der Waals surface area contributed by atoms with Crippen molar-refractivity contribution in [3.8, 4) is 11.5 Å². The Balaban J connectivity index is 1.66. The molecule has 0 fully saturated rings. The van der Waals surface area contributed by atoms with E-state index in [2.05, 4.69) is 23.7 Å². The summed E-state index contributed by atoms with van der Waals surface area (Å²) >= 11 is 1.82. The molecule has 1 amide bonds. The molecule has 0 saturated carbocycles. The zero-order chi connectivity index (χ0) is 17.1. The van der Waals surface area contributed by atoms with E-state index in [9.17, 15) is 4.79 Å². The van der Waals surface area contributed by atoms with E-state index < -0.39 is 0 Å². The predicted molar refractivity (Wildman–Crippen MR) is 95.3 cm³/mol. The highest BCUT2D eigenvalue weighted by Crippen LogP contribution is 2.29. The maximum Gasteiger partial charge on any atom is 0.279 e. The lowest BCUT2D eigenvalue weighted by molar-refractivity contribution is -0.923. The quantitative estimate of drug-likeness (QED) is 0.869. The minimum Gasteiger partial charge on any atom is -0.497 e. The summed E-state index contributed by atoms with van der Waals surface area (Å²) in [5.74, 6) is 1.30. The van der Waals surface area contributed by atoms with Crippen LogP contribution in [0.5, 0.6) is 11.5 Å². The molecule has 5 nitrogen and oxygen atoms in total. The normalized spacial score (nSPS) is 19.5. The van der Waals surface area contributed by atoms with Crippen LogP contribution in [0.15, 0.2) is 29.6 Å². The van der Waals surface area contributed by atoms with Gasteiger partial charge in [0.25, 0.3) is 5.91 Å². The molecule has 6 heteroatoms. The lowest BCUT2D eigenvalue weighted by Crippen LogP contribution is -3.14. The molecule has 0 bridgehead atoms. The van der Waals surface area contributed by atoms with Gasteiger partial charge in [-0.15, -0.1) is 11.3 Å². The second-order valence-electron chi connectivity index (χ2n) is 5.97. The summed E-state index contributed by atoms with van der Waals surface area (Å²) in [7, 11) is 3.19. The van der Waals surface area contributed by atoms with E-state index in [-0.39, 0.29) is 5.91 Å². The van der Waals surface area contributed by atoms with Crippen LogP contribution in [0.4, 0.5) is 5.69 Å². The van der Waals surface area contributed by atoms with Gasteiger partial charge in [-0.05, 0) is 30.5 Å². The first-order chi connectivity index (χ1) is 11.6. The molecule has 24 heavy (non-hydrogen) atoms. The fourth-order valence-electron chi connectivity index (χ4n) is 3.19. The van der Waals surface area contributed by atoms with Gasteiger partial charge in [-0.3, -0.25) is 4.79 Å². The van der Waals surface area contributed by atoms with Crippen LogP contribution >= 0.6 is 11.3 Å². The smallest absolute Gasteiger partial charge is 0.279 e. The second kappa shape index (κ2) is 7.23. The molecule has 1 aromatic carbocycles. The van der Waals surface area contributed by atoms with E-state index in [1.807, 2.05) is 23.5 Å². The zero-order valence-corrected chi connectivity index (χ0v) is 15.0. The largest absolute Gasteiger partial charge is 0.497 e. The minimum atomic E-state index is -0.000929. The van der Waals surface area contributed by atoms with Gasteiger partial charge in [-0.25, -0.2) is 0 Å². The molecule has 128 valence electrons. The fourth-order valence-corrected chi connectivity index (χ4v) is 4.17. The second-order valence-corrected chi connectivity index (χ2v) is 6.97. The number of hydrogen-bond donors (Lipinski definition) is 2. The Morgan fingerprint density at radius 1 is 1.33 bits per heavy atom. The highest BCUT2D eigenvalue weighted by Gasteiger charge is 2.29. The Bertz CT molecular complexity index is 729. The Morgan fingerprint density at radius 3 is 2.92 bits per heavy atom. The number of thiophene rings is 1. The van der Waals surface area contributed by atoms with Crippen molar-refractivity contribution in [2.75, 3.05) is 32.6 Å². The number of quaternary nitrogens is 1. The summed E-state index contributed by atoms with van der Waals surface area (Å²) in [6, 6.07) is 7.93. The number of anilines is 1. The molecule has 2 atom stereocenters. The first-order valence-corrected chi connectivity index (χ1v) is 8.93. The van der Waals surface area contributed by atoms with Crippen molar-refractivity contribution >= 4 is 22.9 Å². The maximum atomic E-state index is 12.5. The van der Waals surface area contributed by atoms with Crippen molar-refractivity contribution < 1.29 is 19.2 Å². The van der Waals surface area contributed by atoms with E-state index >= 15 is 0 Å². The Labute approximate surface area is 146 Å². The highest BCUT2D eigenvalue weighted by atomic mass is 32.1. The van der Waals surface area contributed by atoms with Crippen molar-refractivity contribution in [1.29, 1.82) is 0 Å². The molecule has 1 aromatic heterocycles. The van der Waals surface area contributed by atoms with Gasteiger partial charge < -0.3 is 19.7 Å². The summed E-state index contributed by atoms with van der Waals surface area (Å²) in [5, 5.41) is 5.11. The van der Waals surface area contributed by atoms with Crippen LogP contribution in [0.25, 0.3) is 0 Å². The van der Waals surface area contributed by atoms with Gasteiger partial charge in [-0.1, -0.05) is 0 Å². The van der Waals surface area contributed by atoms with Crippen LogP contribution < -0.4 is 19.7 Å². The molecular weight excluding hydrogens is 324 g/mol. The van der Waals surface area contributed by atoms with Gasteiger partial charge >= 0.3 is 0 Å². The number of hydrogen-bond acceptors (Lipinski definition) is 4. The van der Waals surface area contributed by atoms with Gasteiger partial charge in [0.05, 0.1) is 26.5 Å². The molecule has 3 rings (SSSR count). The first-order valence-electron chi connectivity index (χ1n) is 8.05. The average molecular weight is 347 g/mol. The van der Waals surface area contributed by atoms with Gasteiger partial charge in [0.15, 0.2) is 6.54 Å². The number of ether oxygens (including phenoxy) is 2. The van der Waals surface area contributed by atoms with Crippen molar-refractivity contribution in [3.63, 3.8) is 0 Å². The monoisotopic (exact) mass is 347 g/mol. The number of fused-ring (bicyclic) bond motifs is 1. The van der Waals surface area contributed by atoms with Crippen molar-refractivity contribution in [1.82, 2.24) is 0 Å². The molecule has 2 N–H and O–H groups in total. The average Bonchev–Trinajstić information content (AvgIpc) is 3.07. The molecule has 0 saturated heterocycles. The molecule has 0 radical (unpaired) electrons. The van der Waals surface area contributed by atoms with Gasteiger partial charge in [-0.2, -0.15) is 0 Å². The number of benzene rings is 1. The lowest BCUT2D eigenvalue weighted by Gasteiger charge is -2.29. The number of nitrogens with one attached hydrogen (secondary N) is 2. The van der Waals surface area contributed by atoms with Gasteiger partial charge in [0, 0.05) is 22.9 Å². The molecule has 2 aromatic rings. The summed E-state index contributed by atoms with van der Waals surface area (Å²) in [5.41, 5.74) is 2.06. The van der Waals surface area contributed by atoms with Gasteiger partial charge in [0.2, 0.25) is 0 Å². The number of carbonyl (C=O) groups is 1. The van der Waals surface area contributed by atoms with E-state index in [4.69, 9.17) is 9.47 Å². The third kappa shape index (κ3) is 3.39. The summed E-state index contributed by atoms with van der Waals surface area (Å²) in [4.78, 5) is 15.2. The van der Waals surface area contributed by atoms with Crippen LogP contribution in [0.1, 0.15) is 23.4 Å². The number of carbonyl (C=O) groups excluding carboxylic acids is 1. The van der Waals surface area contributed by atoms with E-state index in [0.29, 0.717) is 29.8 Å². The van der Waals surface area contributed by atoms with Crippen LogP contribution in [0, 0.1) is 0 Å². The van der Waals surface area contributed by atoms with Crippen LogP contribution in [-0.2, 0) is 11.2 Å². The maximum absolute atomic E-state index is 12.5. The number of amides is 1. The summed E-state index contributed by atoms with van der Waals surface area (Å²) < 4.78 is 10.5. The van der Waals surface area contributed by atoms with E-state index in [0.717, 1.165) is 13.0 Å². The first kappa shape index (κ1) is 16.8. The topological polar surface area (TPSA) is 52.0 Å². The number of rotatable bonds is 5. The third-order valence-electron chi connectivity index (χ3n) is 4.60. The Morgan fingerprint density at radius 2 is 2.17 bits per heavy atom. The molecule has 1 aliphatic rings. The Hall–Kier alpha value is -2.05. The fraction of sp³-hybridized carbons (Fsp3) is 0.389. The SMILES string of the molecule is COc1ccc(NC(=O)C[NH+]2CCc3sccc3[C@H]2C)c(OC)c1. The van der Waals surface area contributed by atoms with Crippen molar-refractivity contribution in [2.24, 2.45) is 0 Å². The minimum absolute atomic E-state index is 0.000929. The van der Waals surface area contributed by atoms with Crippen LogP contribution in [-0.4, -0.2) is 33.2 Å². The molecule has 1 aliphatic heterocycles. The van der Waals surface area contributed by atoms with Crippen molar-refractivity contribution in [2.45, 2.75) is 19.4 Å². The summed E-state index contributed by atoms with van der Waals surface area (Å²) in [6.07, 6.45) is 1.05.